The predicted molar refractivity (Wildman–Crippen MR) is 86.1 cm³/mol. The van der Waals surface area contributed by atoms with E-state index in [1.807, 2.05) is 18.2 Å². The summed E-state index contributed by atoms with van der Waals surface area (Å²) >= 11 is 1.45. The molecular formula is C17H11FN2OS. The topological polar surface area (TPSA) is 41.5 Å². The van der Waals surface area contributed by atoms with Gasteiger partial charge in [0.2, 0.25) is 0 Å². The van der Waals surface area contributed by atoms with Crippen LogP contribution in [0.15, 0.2) is 58.4 Å². The van der Waals surface area contributed by atoms with Gasteiger partial charge in [-0.1, -0.05) is 42.1 Å². The molecule has 2 aromatic carbocycles. The van der Waals surface area contributed by atoms with Gasteiger partial charge in [-0.05, 0) is 35.4 Å². The highest BCUT2D eigenvalue weighted by atomic mass is 32.2. The number of hydrogen-bond donors (Lipinski definition) is 1. The average molecular weight is 310 g/mol. The van der Waals surface area contributed by atoms with Crippen LogP contribution in [0.2, 0.25) is 0 Å². The van der Waals surface area contributed by atoms with E-state index in [4.69, 9.17) is 0 Å². The van der Waals surface area contributed by atoms with Gasteiger partial charge in [-0.2, -0.15) is 0 Å². The molecule has 3 nitrogen and oxygen atoms in total. The maximum absolute atomic E-state index is 13.2. The summed E-state index contributed by atoms with van der Waals surface area (Å²) in [5.41, 5.74) is 2.61. The zero-order valence-corrected chi connectivity index (χ0v) is 12.2. The highest BCUT2D eigenvalue weighted by molar-refractivity contribution is 8.17. The zero-order valence-electron chi connectivity index (χ0n) is 11.4. The molecule has 0 aromatic heterocycles. The molecule has 1 amide bonds. The van der Waals surface area contributed by atoms with Gasteiger partial charge in [0.25, 0.3) is 5.91 Å². The zero-order chi connectivity index (χ0) is 15.1. The lowest BCUT2D eigenvalue weighted by molar-refractivity contribution is 0.0977. The van der Waals surface area contributed by atoms with E-state index in [0.717, 1.165) is 10.5 Å². The van der Waals surface area contributed by atoms with Crippen molar-refractivity contribution in [1.82, 2.24) is 5.32 Å². The second-order valence-electron chi connectivity index (χ2n) is 5.08. The molecule has 5 heteroatoms. The first-order valence-corrected chi connectivity index (χ1v) is 7.65. The van der Waals surface area contributed by atoms with Gasteiger partial charge in [0, 0.05) is 10.5 Å². The second-order valence-corrected chi connectivity index (χ2v) is 6.14. The molecule has 1 heterocycles. The molecule has 0 fully saturated rings. The van der Waals surface area contributed by atoms with Gasteiger partial charge in [0.15, 0.2) is 5.17 Å². The van der Waals surface area contributed by atoms with Crippen molar-refractivity contribution < 1.29 is 9.18 Å². The molecule has 1 unspecified atom stereocenters. The Morgan fingerprint density at radius 3 is 2.91 bits per heavy atom. The van der Waals surface area contributed by atoms with Crippen LogP contribution >= 0.6 is 11.8 Å². The number of amides is 1. The van der Waals surface area contributed by atoms with Crippen LogP contribution in [0.5, 0.6) is 0 Å². The molecule has 0 saturated heterocycles. The predicted octanol–water partition coefficient (Wildman–Crippen LogP) is 3.75. The summed E-state index contributed by atoms with van der Waals surface area (Å²) < 4.78 is 13.2. The van der Waals surface area contributed by atoms with Crippen molar-refractivity contribution >= 4 is 28.9 Å². The van der Waals surface area contributed by atoms with Crippen molar-refractivity contribution in [3.63, 3.8) is 0 Å². The molecule has 0 saturated carbocycles. The minimum absolute atomic E-state index is 0.0241. The highest BCUT2D eigenvalue weighted by Gasteiger charge is 2.32. The summed E-state index contributed by atoms with van der Waals surface area (Å²) in [6.45, 7) is 0. The molecule has 1 aliphatic carbocycles. The summed E-state index contributed by atoms with van der Waals surface area (Å²) in [5.74, 6) is -0.776. The number of nitrogens with zero attached hydrogens (tertiary/aromatic N) is 1. The van der Waals surface area contributed by atoms with Gasteiger partial charge in [-0.3, -0.25) is 4.79 Å². The number of amidine groups is 1. The number of thioether (sulfide) groups is 1. The molecule has 108 valence electrons. The van der Waals surface area contributed by atoms with E-state index in [1.54, 1.807) is 6.07 Å². The summed E-state index contributed by atoms with van der Waals surface area (Å²) in [7, 11) is 0. The molecule has 4 rings (SSSR count). The number of aliphatic imine (C=N–C) groups is 1. The van der Waals surface area contributed by atoms with Gasteiger partial charge < -0.3 is 5.32 Å². The molecule has 22 heavy (non-hydrogen) atoms. The smallest absolute Gasteiger partial charge is 0.257 e. The molecule has 1 atom stereocenters. The number of benzene rings is 2. The van der Waals surface area contributed by atoms with Gasteiger partial charge >= 0.3 is 0 Å². The third-order valence-electron chi connectivity index (χ3n) is 3.63. The molecule has 2 aliphatic rings. The molecule has 0 radical (unpaired) electrons. The normalized spacial score (nSPS) is 18.3. The van der Waals surface area contributed by atoms with Gasteiger partial charge in [0.05, 0.1) is 0 Å². The monoisotopic (exact) mass is 310 g/mol. The van der Waals surface area contributed by atoms with E-state index in [-0.39, 0.29) is 17.5 Å². The van der Waals surface area contributed by atoms with Crippen molar-refractivity contribution in [2.45, 2.75) is 6.04 Å². The Hall–Kier alpha value is -2.40. The average Bonchev–Trinajstić information content (AvgIpc) is 3.04. The van der Waals surface area contributed by atoms with Crippen LogP contribution in [0, 0.1) is 5.82 Å². The fourth-order valence-corrected chi connectivity index (χ4v) is 3.61. The van der Waals surface area contributed by atoms with Crippen molar-refractivity contribution in [2.75, 3.05) is 0 Å². The van der Waals surface area contributed by atoms with Crippen molar-refractivity contribution in [3.8, 4) is 0 Å². The first-order chi connectivity index (χ1) is 10.7. The van der Waals surface area contributed by atoms with Crippen LogP contribution in [-0.4, -0.2) is 11.1 Å². The standard InChI is InChI=1S/C17H11FN2OS/c18-12-6-3-5-11(8-12)16(21)20-17-19-15-13-7-2-1-4-10(13)9-14(15)22-17/h1-9,15H,(H,19,20,21). The number of halogens is 1. The van der Waals surface area contributed by atoms with E-state index < -0.39 is 5.82 Å². The van der Waals surface area contributed by atoms with Crippen LogP contribution in [0.25, 0.3) is 6.08 Å². The minimum atomic E-state index is -0.429. The lowest BCUT2D eigenvalue weighted by Crippen LogP contribution is -2.27. The lowest BCUT2D eigenvalue weighted by Gasteiger charge is -2.04. The Morgan fingerprint density at radius 1 is 1.18 bits per heavy atom. The van der Waals surface area contributed by atoms with E-state index in [2.05, 4.69) is 22.5 Å². The molecule has 0 spiro atoms. The summed E-state index contributed by atoms with van der Waals surface area (Å²) in [6.07, 6.45) is 2.09. The van der Waals surface area contributed by atoms with Crippen LogP contribution in [0.4, 0.5) is 4.39 Å². The quantitative estimate of drug-likeness (QED) is 0.871. The van der Waals surface area contributed by atoms with Crippen molar-refractivity contribution in [2.24, 2.45) is 4.99 Å². The Balaban J connectivity index is 1.55. The first-order valence-electron chi connectivity index (χ1n) is 6.84. The Labute approximate surface area is 131 Å². The highest BCUT2D eigenvalue weighted by Crippen LogP contribution is 2.47. The van der Waals surface area contributed by atoms with Crippen molar-refractivity contribution in [1.29, 1.82) is 0 Å². The Kier molecular flexibility index (Phi) is 3.08. The SMILES string of the molecule is O=C(NC1=NC2C(=Cc3ccccc32)S1)c1cccc(F)c1. The lowest BCUT2D eigenvalue weighted by atomic mass is 10.1. The van der Waals surface area contributed by atoms with E-state index in [1.165, 1.54) is 35.5 Å². The van der Waals surface area contributed by atoms with E-state index in [0.29, 0.717) is 5.17 Å². The minimum Gasteiger partial charge on any atom is -0.301 e. The van der Waals surface area contributed by atoms with E-state index >= 15 is 0 Å². The third kappa shape index (κ3) is 2.23. The molecule has 1 aliphatic heterocycles. The van der Waals surface area contributed by atoms with E-state index in [9.17, 15) is 9.18 Å². The molecular weight excluding hydrogens is 299 g/mol. The van der Waals surface area contributed by atoms with Crippen LogP contribution in [0.3, 0.4) is 0 Å². The van der Waals surface area contributed by atoms with Crippen LogP contribution < -0.4 is 5.32 Å². The molecule has 1 N–H and O–H groups in total. The number of nitrogens with one attached hydrogen (secondary N) is 1. The maximum atomic E-state index is 13.2. The summed E-state index contributed by atoms with van der Waals surface area (Å²) in [6, 6.07) is 13.7. The first kappa shape index (κ1) is 13.3. The largest absolute Gasteiger partial charge is 0.301 e. The Morgan fingerprint density at radius 2 is 2.05 bits per heavy atom. The summed E-state index contributed by atoms with van der Waals surface area (Å²) in [5, 5.41) is 3.30. The van der Waals surface area contributed by atoms with Gasteiger partial charge in [-0.25, -0.2) is 9.38 Å². The molecule has 0 bridgehead atoms. The van der Waals surface area contributed by atoms with Gasteiger partial charge in [0.1, 0.15) is 11.9 Å². The van der Waals surface area contributed by atoms with Crippen molar-refractivity contribution in [3.05, 3.63) is 75.9 Å². The number of rotatable bonds is 1. The maximum Gasteiger partial charge on any atom is 0.257 e. The fraction of sp³-hybridized carbons (Fsp3) is 0.0588. The third-order valence-corrected chi connectivity index (χ3v) is 4.60. The Bertz CT molecular complexity index is 844. The van der Waals surface area contributed by atoms with Crippen LogP contribution in [0.1, 0.15) is 27.5 Å². The van der Waals surface area contributed by atoms with Gasteiger partial charge in [-0.15, -0.1) is 0 Å². The summed E-state index contributed by atoms with van der Waals surface area (Å²) in [4.78, 5) is 17.8. The fourth-order valence-electron chi connectivity index (χ4n) is 2.61. The molecule has 2 aromatic rings. The number of carbonyl (C=O) groups is 1. The number of hydrogen-bond acceptors (Lipinski definition) is 3. The number of carbonyl (C=O) groups excluding carboxylic acids is 1. The van der Waals surface area contributed by atoms with Crippen LogP contribution in [-0.2, 0) is 0 Å². The second kappa shape index (κ2) is 5.10. The number of fused-ring (bicyclic) bond motifs is 3.